The number of carbonyl (C=O) groups excluding carboxylic acids is 1. The Morgan fingerprint density at radius 1 is 1.32 bits per heavy atom. The van der Waals surface area contributed by atoms with Gasteiger partial charge in [-0.15, -0.1) is 0 Å². The van der Waals surface area contributed by atoms with Crippen LogP contribution in [0.1, 0.15) is 39.5 Å². The van der Waals surface area contributed by atoms with E-state index in [4.69, 9.17) is 5.11 Å². The Labute approximate surface area is 119 Å². The molecule has 0 saturated heterocycles. The molecule has 19 heavy (non-hydrogen) atoms. The van der Waals surface area contributed by atoms with Crippen LogP contribution in [-0.4, -0.2) is 47.6 Å². The van der Waals surface area contributed by atoms with Crippen LogP contribution in [0, 0.1) is 0 Å². The van der Waals surface area contributed by atoms with Crippen LogP contribution in [0.25, 0.3) is 0 Å². The summed E-state index contributed by atoms with van der Waals surface area (Å²) in [5.41, 5.74) is -0.844. The maximum Gasteiger partial charge on any atom is 0.323 e. The maximum absolute atomic E-state index is 11.3. The molecule has 0 rings (SSSR count). The van der Waals surface area contributed by atoms with Gasteiger partial charge in [0.25, 0.3) is 0 Å². The molecule has 1 unspecified atom stereocenters. The SMILES string of the molecule is CCCNC(=O)CSCCCCC(C)(NC)C(=O)O. The topological polar surface area (TPSA) is 78.4 Å². The van der Waals surface area contributed by atoms with Gasteiger partial charge in [-0.3, -0.25) is 9.59 Å². The zero-order chi connectivity index (χ0) is 14.7. The molecule has 0 aliphatic carbocycles. The van der Waals surface area contributed by atoms with E-state index in [0.717, 1.165) is 31.6 Å². The lowest BCUT2D eigenvalue weighted by molar-refractivity contribution is -0.144. The second kappa shape index (κ2) is 10.1. The summed E-state index contributed by atoms with van der Waals surface area (Å²) in [4.78, 5) is 22.4. The van der Waals surface area contributed by atoms with E-state index < -0.39 is 11.5 Å². The van der Waals surface area contributed by atoms with Crippen molar-refractivity contribution < 1.29 is 14.7 Å². The molecule has 1 atom stereocenters. The van der Waals surface area contributed by atoms with E-state index in [2.05, 4.69) is 10.6 Å². The van der Waals surface area contributed by atoms with E-state index in [9.17, 15) is 9.59 Å². The molecule has 0 heterocycles. The number of carboxylic acids is 1. The fourth-order valence-corrected chi connectivity index (χ4v) is 2.34. The first-order valence-corrected chi connectivity index (χ1v) is 7.88. The summed E-state index contributed by atoms with van der Waals surface area (Å²) < 4.78 is 0. The number of amides is 1. The molecule has 0 bridgehead atoms. The zero-order valence-electron chi connectivity index (χ0n) is 12.1. The zero-order valence-corrected chi connectivity index (χ0v) is 12.9. The van der Waals surface area contributed by atoms with E-state index in [1.54, 1.807) is 25.7 Å². The Kier molecular flexibility index (Phi) is 9.69. The van der Waals surface area contributed by atoms with Crippen molar-refractivity contribution >= 4 is 23.6 Å². The van der Waals surface area contributed by atoms with Gasteiger partial charge in [0, 0.05) is 6.54 Å². The number of hydrogen-bond acceptors (Lipinski definition) is 4. The third-order valence-electron chi connectivity index (χ3n) is 3.04. The van der Waals surface area contributed by atoms with Crippen molar-refractivity contribution in [3.8, 4) is 0 Å². The number of nitrogens with one attached hydrogen (secondary N) is 2. The fourth-order valence-electron chi connectivity index (χ4n) is 1.50. The molecule has 0 saturated carbocycles. The quantitative estimate of drug-likeness (QED) is 0.502. The van der Waals surface area contributed by atoms with Gasteiger partial charge in [-0.1, -0.05) is 13.3 Å². The third-order valence-corrected chi connectivity index (χ3v) is 4.09. The summed E-state index contributed by atoms with van der Waals surface area (Å²) in [7, 11) is 1.67. The van der Waals surface area contributed by atoms with Crippen molar-refractivity contribution in [1.29, 1.82) is 0 Å². The first-order valence-electron chi connectivity index (χ1n) is 6.73. The van der Waals surface area contributed by atoms with Crippen LogP contribution >= 0.6 is 11.8 Å². The molecule has 0 aromatic heterocycles. The first kappa shape index (κ1) is 18.2. The number of aliphatic carboxylic acids is 1. The van der Waals surface area contributed by atoms with Crippen molar-refractivity contribution in [2.45, 2.75) is 45.1 Å². The Morgan fingerprint density at radius 2 is 2.00 bits per heavy atom. The summed E-state index contributed by atoms with van der Waals surface area (Å²) in [5, 5.41) is 14.7. The predicted octanol–water partition coefficient (Wildman–Crippen LogP) is 1.48. The van der Waals surface area contributed by atoms with Gasteiger partial charge in [0.15, 0.2) is 0 Å². The average molecular weight is 290 g/mol. The molecule has 3 N–H and O–H groups in total. The monoisotopic (exact) mass is 290 g/mol. The minimum Gasteiger partial charge on any atom is -0.480 e. The molecular weight excluding hydrogens is 264 g/mol. The second-order valence-corrected chi connectivity index (χ2v) is 5.85. The van der Waals surface area contributed by atoms with Gasteiger partial charge in [-0.05, 0) is 39.0 Å². The highest BCUT2D eigenvalue weighted by Crippen LogP contribution is 2.15. The summed E-state index contributed by atoms with van der Waals surface area (Å²) in [5.74, 6) is 0.639. The number of rotatable bonds is 11. The van der Waals surface area contributed by atoms with Crippen LogP contribution in [-0.2, 0) is 9.59 Å². The molecule has 1 amide bonds. The van der Waals surface area contributed by atoms with Crippen molar-refractivity contribution in [3.05, 3.63) is 0 Å². The largest absolute Gasteiger partial charge is 0.480 e. The van der Waals surface area contributed by atoms with Gasteiger partial charge in [-0.2, -0.15) is 11.8 Å². The smallest absolute Gasteiger partial charge is 0.323 e. The fraction of sp³-hybridized carbons (Fsp3) is 0.846. The van der Waals surface area contributed by atoms with Crippen LogP contribution < -0.4 is 10.6 Å². The number of carbonyl (C=O) groups is 2. The van der Waals surface area contributed by atoms with Gasteiger partial charge in [0.05, 0.1) is 5.75 Å². The first-order chi connectivity index (χ1) is 8.96. The standard InChI is InChI=1S/C13H26N2O3S/c1-4-8-15-11(16)10-19-9-6-5-7-13(2,14-3)12(17)18/h14H,4-10H2,1-3H3,(H,15,16)(H,17,18). The van der Waals surface area contributed by atoms with E-state index in [1.807, 2.05) is 6.92 Å². The molecule has 0 spiro atoms. The molecule has 112 valence electrons. The lowest BCUT2D eigenvalue weighted by Gasteiger charge is -2.23. The molecule has 5 nitrogen and oxygen atoms in total. The molecule has 0 aliphatic heterocycles. The van der Waals surface area contributed by atoms with Crippen molar-refractivity contribution in [2.24, 2.45) is 0 Å². The number of likely N-dealkylation sites (N-methyl/N-ethyl adjacent to an activating group) is 1. The van der Waals surface area contributed by atoms with Crippen LogP contribution in [0.4, 0.5) is 0 Å². The Morgan fingerprint density at radius 3 is 2.53 bits per heavy atom. The molecule has 0 aromatic rings. The van der Waals surface area contributed by atoms with Gasteiger partial charge >= 0.3 is 5.97 Å². The summed E-state index contributed by atoms with van der Waals surface area (Å²) in [6, 6.07) is 0. The van der Waals surface area contributed by atoms with E-state index >= 15 is 0 Å². The van der Waals surface area contributed by atoms with E-state index in [-0.39, 0.29) is 5.91 Å². The normalized spacial score (nSPS) is 13.8. The van der Waals surface area contributed by atoms with Gasteiger partial charge in [-0.25, -0.2) is 0 Å². The minimum absolute atomic E-state index is 0.0810. The molecule has 0 aliphatic rings. The summed E-state index contributed by atoms with van der Waals surface area (Å²) >= 11 is 1.60. The highest BCUT2D eigenvalue weighted by atomic mass is 32.2. The number of unbranched alkanes of at least 4 members (excludes halogenated alkanes) is 1. The third kappa shape index (κ3) is 8.10. The lowest BCUT2D eigenvalue weighted by Crippen LogP contribution is -2.47. The summed E-state index contributed by atoms with van der Waals surface area (Å²) in [6.45, 7) is 4.45. The van der Waals surface area contributed by atoms with Crippen LogP contribution in [0.5, 0.6) is 0 Å². The number of carboxylic acid groups (broad SMARTS) is 1. The van der Waals surface area contributed by atoms with E-state index in [1.165, 1.54) is 0 Å². The Hall–Kier alpha value is -0.750. The van der Waals surface area contributed by atoms with Crippen molar-refractivity contribution in [1.82, 2.24) is 10.6 Å². The van der Waals surface area contributed by atoms with Crippen LogP contribution in [0.15, 0.2) is 0 Å². The number of thioether (sulfide) groups is 1. The highest BCUT2D eigenvalue weighted by molar-refractivity contribution is 7.99. The van der Waals surface area contributed by atoms with Crippen LogP contribution in [0.3, 0.4) is 0 Å². The minimum atomic E-state index is -0.844. The maximum atomic E-state index is 11.3. The molecular formula is C13H26N2O3S. The lowest BCUT2D eigenvalue weighted by atomic mass is 9.95. The molecule has 0 aromatic carbocycles. The molecule has 0 fully saturated rings. The molecule has 0 radical (unpaired) electrons. The van der Waals surface area contributed by atoms with Crippen molar-refractivity contribution in [3.63, 3.8) is 0 Å². The van der Waals surface area contributed by atoms with Gasteiger partial charge < -0.3 is 15.7 Å². The predicted molar refractivity (Wildman–Crippen MR) is 79.6 cm³/mol. The van der Waals surface area contributed by atoms with Crippen molar-refractivity contribution in [2.75, 3.05) is 25.1 Å². The number of hydrogen-bond donors (Lipinski definition) is 3. The van der Waals surface area contributed by atoms with E-state index in [0.29, 0.717) is 12.2 Å². The van der Waals surface area contributed by atoms with Gasteiger partial charge in [0.2, 0.25) is 5.91 Å². The highest BCUT2D eigenvalue weighted by Gasteiger charge is 2.29. The Balaban J connectivity index is 3.60. The Bertz CT molecular complexity index is 287. The second-order valence-electron chi connectivity index (χ2n) is 4.75. The molecule has 6 heteroatoms. The summed E-state index contributed by atoms with van der Waals surface area (Å²) in [6.07, 6.45) is 3.32. The van der Waals surface area contributed by atoms with Crippen LogP contribution in [0.2, 0.25) is 0 Å². The average Bonchev–Trinajstić information content (AvgIpc) is 2.39. The van der Waals surface area contributed by atoms with Gasteiger partial charge in [0.1, 0.15) is 5.54 Å².